The number of hydrogen-bond donors (Lipinski definition) is 1. The predicted octanol–water partition coefficient (Wildman–Crippen LogP) is -1.60. The summed E-state index contributed by atoms with van der Waals surface area (Å²) in [4.78, 5) is 7.99. The lowest BCUT2D eigenvalue weighted by atomic mass is 9.81. The second-order valence-corrected chi connectivity index (χ2v) is 12.2. The molecule has 0 amide bonds. The first-order chi connectivity index (χ1) is 14.5. The molecule has 1 N–H and O–H groups in total. The Balaban J connectivity index is 1.30. The van der Waals surface area contributed by atoms with E-state index in [1.165, 1.54) is 151 Å². The summed E-state index contributed by atoms with van der Waals surface area (Å²) < 4.78 is 3.90. The molecular formula is C23H45N6O+3. The molecule has 0 aromatic rings. The Kier molecular flexibility index (Phi) is 5.00. The zero-order valence-electron chi connectivity index (χ0n) is 19.2. The summed E-state index contributed by atoms with van der Waals surface area (Å²) in [5.74, 6) is 0. The van der Waals surface area contributed by atoms with Gasteiger partial charge in [-0.3, -0.25) is 14.7 Å². The van der Waals surface area contributed by atoms with Crippen molar-refractivity contribution in [2.75, 3.05) is 144 Å². The molecule has 9 aliphatic heterocycles. The average Bonchev–Trinajstić information content (AvgIpc) is 2.82. The topological polar surface area (TPSA) is 30.0 Å². The Bertz CT molecular complexity index is 507. The molecule has 0 saturated carbocycles. The number of aliphatic hydroxyl groups is 1. The first kappa shape index (κ1) is 20.3. The highest BCUT2D eigenvalue weighted by Gasteiger charge is 2.56. The molecule has 7 nitrogen and oxygen atoms in total. The van der Waals surface area contributed by atoms with E-state index in [-0.39, 0.29) is 5.41 Å². The zero-order valence-corrected chi connectivity index (χ0v) is 19.2. The van der Waals surface area contributed by atoms with Crippen molar-refractivity contribution in [1.29, 1.82) is 0 Å². The van der Waals surface area contributed by atoms with Crippen LogP contribution in [-0.4, -0.2) is 177 Å². The maximum Gasteiger partial charge on any atom is 0.140 e. The molecule has 6 bridgehead atoms. The van der Waals surface area contributed by atoms with Gasteiger partial charge in [0.2, 0.25) is 0 Å². The minimum atomic E-state index is 0.0958. The normalized spacial score (nSPS) is 49.3. The fourth-order valence-corrected chi connectivity index (χ4v) is 8.34. The van der Waals surface area contributed by atoms with Crippen LogP contribution in [0, 0.1) is 5.41 Å². The molecule has 30 heavy (non-hydrogen) atoms. The Hall–Kier alpha value is -0.280. The fourth-order valence-electron chi connectivity index (χ4n) is 8.34. The third-order valence-corrected chi connectivity index (χ3v) is 10.4. The molecular weight excluding hydrogens is 376 g/mol. The summed E-state index contributed by atoms with van der Waals surface area (Å²) in [7, 11) is 0. The number of rotatable bonds is 7. The zero-order chi connectivity index (χ0) is 20.3. The number of piperazine rings is 9. The molecule has 9 saturated heterocycles. The number of nitrogens with zero attached hydrogens (tertiary/aromatic N) is 6. The second-order valence-electron chi connectivity index (χ2n) is 12.2. The van der Waals surface area contributed by atoms with Gasteiger partial charge in [0.25, 0.3) is 0 Å². The Morgan fingerprint density at radius 1 is 0.467 bits per heavy atom. The van der Waals surface area contributed by atoms with Crippen LogP contribution in [0.5, 0.6) is 0 Å². The molecule has 0 aliphatic carbocycles. The molecule has 0 atom stereocenters. The van der Waals surface area contributed by atoms with Crippen LogP contribution >= 0.6 is 0 Å². The highest BCUT2D eigenvalue weighted by molar-refractivity contribution is 4.87. The van der Waals surface area contributed by atoms with Crippen molar-refractivity contribution in [2.24, 2.45) is 5.41 Å². The van der Waals surface area contributed by atoms with E-state index in [0.29, 0.717) is 6.61 Å². The first-order valence-corrected chi connectivity index (χ1v) is 12.9. The van der Waals surface area contributed by atoms with Crippen LogP contribution in [-0.2, 0) is 0 Å². The minimum Gasteiger partial charge on any atom is -0.395 e. The highest BCUT2D eigenvalue weighted by atomic mass is 16.3. The van der Waals surface area contributed by atoms with E-state index in [4.69, 9.17) is 0 Å². The molecule has 0 aromatic heterocycles. The van der Waals surface area contributed by atoms with E-state index in [2.05, 4.69) is 14.7 Å². The minimum absolute atomic E-state index is 0.0958. The number of hydrogen-bond acceptors (Lipinski definition) is 4. The van der Waals surface area contributed by atoms with Gasteiger partial charge in [0, 0.05) is 58.9 Å². The van der Waals surface area contributed by atoms with E-state index < -0.39 is 0 Å². The molecule has 0 aromatic carbocycles. The Morgan fingerprint density at radius 3 is 0.900 bits per heavy atom. The number of quaternary nitrogens is 3. The molecule has 0 unspecified atom stereocenters. The SMILES string of the molecule is OCC(C[N+]12CCN(CC1)CC2)(C[N+]12CCN(CC1)CC2)C[N+]12CCN(CC1)CC2. The van der Waals surface area contributed by atoms with Crippen LogP contribution in [0.4, 0.5) is 0 Å². The van der Waals surface area contributed by atoms with Gasteiger partial charge >= 0.3 is 0 Å². The molecule has 9 fully saturated rings. The standard InChI is InChI=1S/C23H45N6O/c30-22-23(19-27-10-1-24(2-11-27)3-12-27,20-28-13-4-25(5-14-28)6-15-28)21-29-16-7-26(8-17-29)9-18-29/h30H,1-22H2/q+3. The predicted molar refractivity (Wildman–Crippen MR) is 118 cm³/mol. The lowest BCUT2D eigenvalue weighted by molar-refractivity contribution is -0.989. The lowest BCUT2D eigenvalue weighted by Gasteiger charge is -2.59. The van der Waals surface area contributed by atoms with Crippen molar-refractivity contribution < 1.29 is 18.6 Å². The summed E-state index contributed by atoms with van der Waals surface area (Å²) in [6.45, 7) is 27.6. The molecule has 7 heteroatoms. The van der Waals surface area contributed by atoms with Crippen molar-refractivity contribution in [2.45, 2.75) is 0 Å². The summed E-state index contributed by atoms with van der Waals surface area (Å²) in [5, 5.41) is 11.2. The summed E-state index contributed by atoms with van der Waals surface area (Å²) in [5.41, 5.74) is 0.0958. The summed E-state index contributed by atoms with van der Waals surface area (Å²) in [6, 6.07) is 0. The fraction of sp³-hybridized carbons (Fsp3) is 1.00. The molecule has 0 radical (unpaired) electrons. The summed E-state index contributed by atoms with van der Waals surface area (Å²) in [6.07, 6.45) is 0. The van der Waals surface area contributed by atoms with Gasteiger partial charge in [-0.05, 0) is 0 Å². The Morgan fingerprint density at radius 2 is 0.700 bits per heavy atom. The quantitative estimate of drug-likeness (QED) is 0.502. The molecule has 170 valence electrons. The number of aliphatic hydroxyl groups excluding tert-OH is 1. The van der Waals surface area contributed by atoms with Gasteiger partial charge < -0.3 is 18.6 Å². The highest BCUT2D eigenvalue weighted by Crippen LogP contribution is 2.36. The Labute approximate surface area is 183 Å². The lowest BCUT2D eigenvalue weighted by Crippen LogP contribution is -2.77. The van der Waals surface area contributed by atoms with Gasteiger partial charge in [0.05, 0.1) is 85.1 Å². The van der Waals surface area contributed by atoms with Gasteiger partial charge in [-0.1, -0.05) is 0 Å². The van der Waals surface area contributed by atoms with Gasteiger partial charge in [-0.25, -0.2) is 0 Å². The van der Waals surface area contributed by atoms with E-state index in [1.54, 1.807) is 0 Å². The van der Waals surface area contributed by atoms with Crippen molar-refractivity contribution in [1.82, 2.24) is 14.7 Å². The summed E-state index contributed by atoms with van der Waals surface area (Å²) >= 11 is 0. The van der Waals surface area contributed by atoms with Crippen LogP contribution in [0.15, 0.2) is 0 Å². The van der Waals surface area contributed by atoms with E-state index in [0.717, 1.165) is 0 Å². The van der Waals surface area contributed by atoms with Crippen LogP contribution in [0.25, 0.3) is 0 Å². The smallest absolute Gasteiger partial charge is 0.140 e. The maximum absolute atomic E-state index is 11.2. The van der Waals surface area contributed by atoms with Gasteiger partial charge in [0.15, 0.2) is 0 Å². The largest absolute Gasteiger partial charge is 0.395 e. The van der Waals surface area contributed by atoms with Gasteiger partial charge in [0.1, 0.15) is 5.41 Å². The second kappa shape index (κ2) is 7.37. The van der Waals surface area contributed by atoms with E-state index in [9.17, 15) is 5.11 Å². The van der Waals surface area contributed by atoms with Crippen LogP contribution in [0.1, 0.15) is 0 Å². The van der Waals surface area contributed by atoms with Gasteiger partial charge in [-0.2, -0.15) is 0 Å². The third kappa shape index (κ3) is 3.54. The molecule has 9 rings (SSSR count). The number of fused-ring (bicyclic) bond motifs is 9. The van der Waals surface area contributed by atoms with Crippen LogP contribution in [0.3, 0.4) is 0 Å². The monoisotopic (exact) mass is 421 g/mol. The molecule has 9 heterocycles. The van der Waals surface area contributed by atoms with Crippen molar-refractivity contribution in [3.05, 3.63) is 0 Å². The maximum atomic E-state index is 11.2. The van der Waals surface area contributed by atoms with E-state index in [1.807, 2.05) is 0 Å². The van der Waals surface area contributed by atoms with Crippen LogP contribution in [0.2, 0.25) is 0 Å². The average molecular weight is 422 g/mol. The first-order valence-electron chi connectivity index (χ1n) is 12.9. The van der Waals surface area contributed by atoms with Crippen molar-refractivity contribution in [3.63, 3.8) is 0 Å². The van der Waals surface area contributed by atoms with Crippen molar-refractivity contribution in [3.8, 4) is 0 Å². The van der Waals surface area contributed by atoms with Crippen molar-refractivity contribution >= 4 is 0 Å². The third-order valence-electron chi connectivity index (χ3n) is 10.4. The van der Waals surface area contributed by atoms with Crippen LogP contribution < -0.4 is 0 Å². The molecule has 0 spiro atoms. The van der Waals surface area contributed by atoms with Gasteiger partial charge in [-0.15, -0.1) is 0 Å². The molecule has 9 aliphatic rings. The van der Waals surface area contributed by atoms with E-state index >= 15 is 0 Å².